The summed E-state index contributed by atoms with van der Waals surface area (Å²) in [4.78, 5) is 22.6. The number of aliphatic carboxylic acids is 1. The van der Waals surface area contributed by atoms with Gasteiger partial charge in [0.25, 0.3) is 0 Å². The number of carbonyl (C=O) groups excluding carboxylic acids is 1. The Kier molecular flexibility index (Phi) is 35.5. The summed E-state index contributed by atoms with van der Waals surface area (Å²) in [5, 5.41) is 87.2. The van der Waals surface area contributed by atoms with E-state index < -0.39 is 54.8 Å². The van der Waals surface area contributed by atoms with Gasteiger partial charge in [0.1, 0.15) is 24.1 Å². The highest BCUT2D eigenvalue weighted by Gasteiger charge is 2.13. The van der Waals surface area contributed by atoms with Crippen LogP contribution in [0, 0.1) is 47.9 Å². The van der Waals surface area contributed by atoms with E-state index in [0.29, 0.717) is 63.6 Å². The molecule has 0 aliphatic rings. The predicted molar refractivity (Wildman–Crippen MR) is 227 cm³/mol. The summed E-state index contributed by atoms with van der Waals surface area (Å²) >= 11 is 0. The zero-order chi connectivity index (χ0) is 43.2. The van der Waals surface area contributed by atoms with Crippen molar-refractivity contribution in [1.82, 2.24) is 0 Å². The van der Waals surface area contributed by atoms with Crippen LogP contribution in [0.3, 0.4) is 0 Å². The number of carbonyl (C=O) groups is 2. The maximum Gasteiger partial charge on any atom is 0.381 e. The van der Waals surface area contributed by atoms with E-state index >= 15 is 0 Å². The fourth-order valence-electron chi connectivity index (χ4n) is 6.02. The zero-order valence-electron chi connectivity index (χ0n) is 34.5. The topological polar surface area (TPSA) is 216 Å². The number of carboxylic acids is 1. The van der Waals surface area contributed by atoms with Crippen LogP contribution in [0.15, 0.2) is 24.3 Å². The van der Waals surface area contributed by atoms with E-state index in [4.69, 9.17) is 11.5 Å². The van der Waals surface area contributed by atoms with Gasteiger partial charge in [-0.25, -0.2) is 4.79 Å². The molecule has 58 heavy (non-hydrogen) atoms. The van der Waals surface area contributed by atoms with E-state index in [1.165, 1.54) is 37.8 Å². The first-order chi connectivity index (χ1) is 27.8. The number of terminal acetylenes is 1. The summed E-state index contributed by atoms with van der Waals surface area (Å²) in [6.07, 6.45) is 23.8. The maximum atomic E-state index is 12.2. The number of Topliss-reactive ketones (excluding diaryl/α,β-unsaturated/α-hetero) is 1. The van der Waals surface area contributed by atoms with Gasteiger partial charge in [0.2, 0.25) is 0 Å². The van der Waals surface area contributed by atoms with E-state index in [2.05, 4.69) is 35.5 Å². The molecule has 9 N–H and O–H groups in total. The molecule has 8 unspecified atom stereocenters. The molecule has 0 aromatic rings. The molecule has 0 saturated heterocycles. The van der Waals surface area contributed by atoms with Crippen LogP contribution in [-0.2, 0) is 9.59 Å². The first kappa shape index (κ1) is 54.5. The Morgan fingerprint density at radius 3 is 1.71 bits per heavy atom. The van der Waals surface area contributed by atoms with Gasteiger partial charge in [0.05, 0.1) is 24.4 Å². The summed E-state index contributed by atoms with van der Waals surface area (Å²) < 4.78 is 0. The van der Waals surface area contributed by atoms with Crippen LogP contribution >= 0.6 is 0 Å². The molecule has 0 rings (SSSR count). The number of rotatable bonds is 33. The van der Waals surface area contributed by atoms with Gasteiger partial charge in [-0.2, -0.15) is 0 Å². The summed E-state index contributed by atoms with van der Waals surface area (Å²) in [7, 11) is 0. The minimum absolute atomic E-state index is 0.131. The Bertz CT molecular complexity index is 1370. The van der Waals surface area contributed by atoms with Gasteiger partial charge in [0.15, 0.2) is 6.10 Å². The highest BCUT2D eigenvalue weighted by atomic mass is 16.4. The monoisotopic (exact) mass is 813 g/mol. The predicted octanol–water partition coefficient (Wildman–Crippen LogP) is 5.04. The van der Waals surface area contributed by atoms with Crippen molar-refractivity contribution in [2.45, 2.75) is 209 Å². The van der Waals surface area contributed by atoms with Crippen LogP contribution in [0.5, 0.6) is 0 Å². The number of ketones is 1. The first-order valence-electron chi connectivity index (χ1n) is 21.3. The number of aliphatic hydroxyl groups is 8. The minimum atomic E-state index is -1.32. The number of unbranched alkanes of at least 4 members (excludes halogenated alkanes) is 13. The Balaban J connectivity index is 3.77. The van der Waals surface area contributed by atoms with Crippen LogP contribution in [0.2, 0.25) is 0 Å². The quantitative estimate of drug-likeness (QED) is 0.0243. The van der Waals surface area contributed by atoms with Crippen LogP contribution in [-0.4, -0.2) is 107 Å². The molecule has 0 bridgehead atoms. The molecule has 0 saturated carbocycles. The molecule has 0 fully saturated rings. The van der Waals surface area contributed by atoms with Crippen molar-refractivity contribution in [2.24, 2.45) is 0 Å². The maximum absolute atomic E-state index is 12.2. The van der Waals surface area contributed by atoms with E-state index in [1.807, 2.05) is 12.0 Å². The van der Waals surface area contributed by atoms with Crippen molar-refractivity contribution in [3.63, 3.8) is 0 Å². The van der Waals surface area contributed by atoms with Gasteiger partial charge in [-0.15, -0.1) is 6.42 Å². The van der Waals surface area contributed by atoms with Gasteiger partial charge in [-0.05, 0) is 76.7 Å². The number of aliphatic hydroxyl groups excluding tert-OH is 8. The largest absolute Gasteiger partial charge is 0.472 e. The van der Waals surface area contributed by atoms with Crippen LogP contribution in [0.4, 0.5) is 0 Å². The number of carboxylic acid groups (broad SMARTS) is 1. The van der Waals surface area contributed by atoms with Crippen LogP contribution in [0.1, 0.15) is 161 Å². The lowest BCUT2D eigenvalue weighted by Crippen LogP contribution is -2.24. The molecule has 326 valence electrons. The minimum Gasteiger partial charge on any atom is -0.472 e. The molecule has 8 atom stereocenters. The van der Waals surface area contributed by atoms with Crippen molar-refractivity contribution < 1.29 is 55.5 Å². The second-order valence-electron chi connectivity index (χ2n) is 15.0. The molecule has 0 heterocycles. The Hall–Kier alpha value is -3.46. The number of hydrogen-bond acceptors (Lipinski definition) is 10. The molecule has 0 spiro atoms. The van der Waals surface area contributed by atoms with E-state index in [-0.39, 0.29) is 6.42 Å². The lowest BCUT2D eigenvalue weighted by molar-refractivity contribution is -0.130. The number of hydrogen-bond donors (Lipinski definition) is 9. The molecule has 0 aromatic carbocycles. The van der Waals surface area contributed by atoms with Crippen molar-refractivity contribution >= 4 is 11.8 Å². The fourth-order valence-corrected chi connectivity index (χ4v) is 6.02. The van der Waals surface area contributed by atoms with Gasteiger partial charge < -0.3 is 46.0 Å². The normalized spacial score (nSPS) is 15.4. The molecular formula is C47H72O11. The molecule has 0 aliphatic carbocycles. The lowest BCUT2D eigenvalue weighted by atomic mass is 10.0. The molecule has 11 heteroatoms. The summed E-state index contributed by atoms with van der Waals surface area (Å²) in [5.74, 6) is 15.3. The molecular weight excluding hydrogens is 741 g/mol. The van der Waals surface area contributed by atoms with Crippen molar-refractivity contribution in [3.05, 3.63) is 24.3 Å². The summed E-state index contributed by atoms with van der Waals surface area (Å²) in [6, 6.07) is 0. The van der Waals surface area contributed by atoms with E-state index in [9.17, 15) is 50.4 Å². The Morgan fingerprint density at radius 1 is 0.552 bits per heavy atom. The van der Waals surface area contributed by atoms with Crippen molar-refractivity contribution in [1.29, 1.82) is 0 Å². The molecule has 0 amide bonds. The Morgan fingerprint density at radius 2 is 1.10 bits per heavy atom. The van der Waals surface area contributed by atoms with Crippen LogP contribution in [0.25, 0.3) is 0 Å². The fraction of sp³-hybridized carbons (Fsp3) is 0.702. The third kappa shape index (κ3) is 36.9. The van der Waals surface area contributed by atoms with Gasteiger partial charge >= 0.3 is 5.97 Å². The lowest BCUT2D eigenvalue weighted by Gasteiger charge is -2.12. The van der Waals surface area contributed by atoms with Gasteiger partial charge in [-0.3, -0.25) is 4.79 Å². The Labute approximate surface area is 348 Å². The van der Waals surface area contributed by atoms with Gasteiger partial charge in [0, 0.05) is 25.2 Å². The third-order valence-corrected chi connectivity index (χ3v) is 9.50. The highest BCUT2D eigenvalue weighted by Crippen LogP contribution is 2.15. The zero-order valence-corrected chi connectivity index (χ0v) is 34.5. The average Bonchev–Trinajstić information content (AvgIpc) is 3.19. The molecule has 0 radical (unpaired) electrons. The van der Waals surface area contributed by atoms with E-state index in [0.717, 1.165) is 70.6 Å². The first-order valence-corrected chi connectivity index (χ1v) is 21.3. The second-order valence-corrected chi connectivity index (χ2v) is 15.0. The summed E-state index contributed by atoms with van der Waals surface area (Å²) in [6.45, 7) is 0. The molecule has 0 aromatic heterocycles. The molecule has 0 aliphatic heterocycles. The standard InChI is InChI=1S/C47H72O11/c1-2-38(48)32-33-42(52)28-20-26-41(51)27-21-30-44(54)35-34-43(53)29-19-25-40(50)24-17-13-10-12-16-23-39(49)22-15-11-8-6-4-3-5-7-9-14-18-31-45(55)46(56)36-37-47(57)58/h1,17,24,32-33,38,40-46,48,50-56H,3-16,18-20,22-23,25-29,31H2,(H,57,58)/b24-17+,33-32+. The van der Waals surface area contributed by atoms with Crippen molar-refractivity contribution in [2.75, 3.05) is 0 Å². The SMILES string of the molecule is C#CC(O)/C=C/C(O)CCCC(O)CC#CC(O)C#CC(O)CCCC(O)/C=C/CCCCCC(=O)CCCCCCCCCCCCCC(O)C(O)C#CC(=O)O. The number of allylic oxidation sites excluding steroid dienone is 1. The van der Waals surface area contributed by atoms with Gasteiger partial charge in [-0.1, -0.05) is 124 Å². The third-order valence-electron chi connectivity index (χ3n) is 9.50. The van der Waals surface area contributed by atoms with E-state index in [1.54, 1.807) is 6.08 Å². The molecule has 11 nitrogen and oxygen atoms in total. The highest BCUT2D eigenvalue weighted by molar-refractivity contribution is 5.86. The second kappa shape index (κ2) is 37.8. The summed E-state index contributed by atoms with van der Waals surface area (Å²) in [5.41, 5.74) is 0. The van der Waals surface area contributed by atoms with Crippen LogP contribution < -0.4 is 0 Å². The van der Waals surface area contributed by atoms with Crippen molar-refractivity contribution in [3.8, 4) is 47.9 Å². The average molecular weight is 813 g/mol. The smallest absolute Gasteiger partial charge is 0.381 e.